The Morgan fingerprint density at radius 1 is 0.944 bits per heavy atom. The monoisotopic (exact) mass is 506 g/mol. The number of aromatic nitrogens is 2. The maximum atomic E-state index is 12.3. The number of aryl methyl sites for hydroxylation is 1. The minimum absolute atomic E-state index is 0.0359. The van der Waals surface area contributed by atoms with Crippen molar-refractivity contribution in [1.82, 2.24) is 10.1 Å². The molecule has 5 nitrogen and oxygen atoms in total. The third kappa shape index (κ3) is 14.4. The van der Waals surface area contributed by atoms with Gasteiger partial charge in [-0.3, -0.25) is 4.79 Å². The van der Waals surface area contributed by atoms with Gasteiger partial charge in [0, 0.05) is 12.3 Å². The molecule has 2 saturated carbocycles. The van der Waals surface area contributed by atoms with Crippen LogP contribution in [0.5, 0.6) is 0 Å². The van der Waals surface area contributed by atoms with Crippen molar-refractivity contribution in [2.24, 2.45) is 11.8 Å². The molecule has 1 atom stereocenters. The Morgan fingerprint density at radius 2 is 1.50 bits per heavy atom. The summed E-state index contributed by atoms with van der Waals surface area (Å²) in [6.07, 6.45) is 21.6. The highest BCUT2D eigenvalue weighted by atomic mass is 16.6. The SMILES string of the molecule is CC.CCCC1CCCCC1.CCc1noc([C@H](CCCC2CCCCC2)CC(=O)OC(C)(C)C)n1. The van der Waals surface area contributed by atoms with Crippen molar-refractivity contribution >= 4 is 5.97 Å². The molecular weight excluding hydrogens is 448 g/mol. The van der Waals surface area contributed by atoms with Gasteiger partial charge in [-0.05, 0) is 39.0 Å². The molecular formula is C31H58N2O3. The Labute approximate surface area is 222 Å². The molecule has 2 aliphatic carbocycles. The van der Waals surface area contributed by atoms with Crippen LogP contribution < -0.4 is 0 Å². The summed E-state index contributed by atoms with van der Waals surface area (Å²) in [5.74, 6) is 3.02. The second kappa shape index (κ2) is 18.8. The van der Waals surface area contributed by atoms with E-state index in [2.05, 4.69) is 17.1 Å². The lowest BCUT2D eigenvalue weighted by molar-refractivity contribution is -0.155. The van der Waals surface area contributed by atoms with Gasteiger partial charge in [-0.15, -0.1) is 0 Å². The van der Waals surface area contributed by atoms with Gasteiger partial charge in [0.15, 0.2) is 5.82 Å². The van der Waals surface area contributed by atoms with Crippen LogP contribution in [0.2, 0.25) is 0 Å². The number of nitrogens with zero attached hydrogens (tertiary/aromatic N) is 2. The summed E-state index contributed by atoms with van der Waals surface area (Å²) in [7, 11) is 0. The van der Waals surface area contributed by atoms with Gasteiger partial charge in [-0.25, -0.2) is 0 Å². The lowest BCUT2D eigenvalue weighted by Gasteiger charge is -2.23. The Bertz CT molecular complexity index is 665. The molecule has 1 aromatic heterocycles. The van der Waals surface area contributed by atoms with E-state index in [1.54, 1.807) is 0 Å². The molecule has 210 valence electrons. The first-order chi connectivity index (χ1) is 17.3. The predicted octanol–water partition coefficient (Wildman–Crippen LogP) is 9.59. The van der Waals surface area contributed by atoms with Crippen molar-refractivity contribution in [2.75, 3.05) is 0 Å². The summed E-state index contributed by atoms with van der Waals surface area (Å²) in [5, 5.41) is 4.00. The minimum atomic E-state index is -0.465. The highest BCUT2D eigenvalue weighted by Crippen LogP contribution is 2.31. The fourth-order valence-electron chi connectivity index (χ4n) is 5.49. The van der Waals surface area contributed by atoms with Crippen LogP contribution in [-0.2, 0) is 16.0 Å². The minimum Gasteiger partial charge on any atom is -0.460 e. The van der Waals surface area contributed by atoms with Crippen LogP contribution in [0.25, 0.3) is 0 Å². The highest BCUT2D eigenvalue weighted by Gasteiger charge is 2.26. The molecule has 0 saturated heterocycles. The van der Waals surface area contributed by atoms with Crippen LogP contribution >= 0.6 is 0 Å². The molecule has 0 radical (unpaired) electrons. The molecule has 0 unspecified atom stereocenters. The first-order valence-electron chi connectivity index (χ1n) is 15.3. The quantitative estimate of drug-likeness (QED) is 0.295. The van der Waals surface area contributed by atoms with Crippen molar-refractivity contribution in [3.63, 3.8) is 0 Å². The number of hydrogen-bond donors (Lipinski definition) is 0. The Balaban J connectivity index is 0.000000491. The largest absolute Gasteiger partial charge is 0.460 e. The summed E-state index contributed by atoms with van der Waals surface area (Å²) in [5.41, 5.74) is -0.465. The van der Waals surface area contributed by atoms with E-state index in [1.165, 1.54) is 83.5 Å². The number of rotatable bonds is 10. The van der Waals surface area contributed by atoms with Gasteiger partial charge < -0.3 is 9.26 Å². The van der Waals surface area contributed by atoms with E-state index in [0.29, 0.717) is 18.1 Å². The zero-order valence-corrected chi connectivity index (χ0v) is 24.9. The molecule has 1 aromatic rings. The first kappa shape index (κ1) is 32.6. The summed E-state index contributed by atoms with van der Waals surface area (Å²) < 4.78 is 10.9. The third-order valence-corrected chi connectivity index (χ3v) is 7.29. The standard InChI is InChI=1S/C20H34N2O3.C9H18.C2H6/c1-5-17-21-19(25-22-17)16(14-18(23)24-20(2,3)4)13-9-12-15-10-7-6-8-11-15;1-2-6-9-7-4-3-5-8-9;1-2/h15-16H,5-14H2,1-4H3;9H,2-8H2,1H3;1-2H3/t16-;;/m1../s1. The van der Waals surface area contributed by atoms with Crippen molar-refractivity contribution in [1.29, 1.82) is 0 Å². The number of carbonyl (C=O) groups excluding carboxylic acids is 1. The molecule has 0 amide bonds. The number of ether oxygens (including phenoxy) is 1. The number of carbonyl (C=O) groups is 1. The lowest BCUT2D eigenvalue weighted by Crippen LogP contribution is -2.25. The summed E-state index contributed by atoms with van der Waals surface area (Å²) in [4.78, 5) is 16.7. The Hall–Kier alpha value is -1.39. The fourth-order valence-corrected chi connectivity index (χ4v) is 5.49. The lowest BCUT2D eigenvalue weighted by atomic mass is 9.84. The van der Waals surface area contributed by atoms with E-state index >= 15 is 0 Å². The summed E-state index contributed by atoms with van der Waals surface area (Å²) in [6, 6.07) is 0. The maximum Gasteiger partial charge on any atom is 0.307 e. The fraction of sp³-hybridized carbons (Fsp3) is 0.903. The van der Waals surface area contributed by atoms with Gasteiger partial charge in [0.2, 0.25) is 5.89 Å². The molecule has 0 N–H and O–H groups in total. The van der Waals surface area contributed by atoms with E-state index < -0.39 is 5.60 Å². The predicted molar refractivity (Wildman–Crippen MR) is 150 cm³/mol. The van der Waals surface area contributed by atoms with Gasteiger partial charge in [-0.2, -0.15) is 4.98 Å². The van der Waals surface area contributed by atoms with Crippen molar-refractivity contribution in [3.05, 3.63) is 11.7 Å². The molecule has 36 heavy (non-hydrogen) atoms. The molecule has 0 aromatic carbocycles. The highest BCUT2D eigenvalue weighted by molar-refractivity contribution is 5.70. The van der Waals surface area contributed by atoms with E-state index in [4.69, 9.17) is 9.26 Å². The van der Waals surface area contributed by atoms with Crippen molar-refractivity contribution in [2.45, 2.75) is 169 Å². The van der Waals surface area contributed by atoms with Gasteiger partial charge in [0.25, 0.3) is 0 Å². The van der Waals surface area contributed by atoms with Gasteiger partial charge in [-0.1, -0.05) is 123 Å². The van der Waals surface area contributed by atoms with Gasteiger partial charge in [0.1, 0.15) is 5.60 Å². The molecule has 5 heteroatoms. The molecule has 2 aliphatic rings. The molecule has 0 bridgehead atoms. The molecule has 3 rings (SSSR count). The van der Waals surface area contributed by atoms with E-state index in [0.717, 1.165) is 31.1 Å². The second-order valence-corrected chi connectivity index (χ2v) is 11.6. The first-order valence-corrected chi connectivity index (χ1v) is 15.3. The molecule has 1 heterocycles. The topological polar surface area (TPSA) is 65.2 Å². The summed E-state index contributed by atoms with van der Waals surface area (Å²) >= 11 is 0. The average Bonchev–Trinajstić information content (AvgIpc) is 3.35. The Morgan fingerprint density at radius 3 is 1.97 bits per heavy atom. The van der Waals surface area contributed by atoms with Crippen LogP contribution in [0.1, 0.15) is 169 Å². The Kier molecular flexibility index (Phi) is 17.0. The van der Waals surface area contributed by atoms with Crippen LogP contribution in [0.15, 0.2) is 4.52 Å². The number of esters is 1. The molecule has 0 aliphatic heterocycles. The normalized spacial score (nSPS) is 17.9. The van der Waals surface area contributed by atoms with Crippen LogP contribution in [0, 0.1) is 11.8 Å². The number of hydrogen-bond acceptors (Lipinski definition) is 5. The smallest absolute Gasteiger partial charge is 0.307 e. The third-order valence-electron chi connectivity index (χ3n) is 7.29. The zero-order chi connectivity index (χ0) is 26.8. The van der Waals surface area contributed by atoms with Crippen molar-refractivity contribution < 1.29 is 14.1 Å². The van der Waals surface area contributed by atoms with Crippen LogP contribution in [0.3, 0.4) is 0 Å². The van der Waals surface area contributed by atoms with E-state index in [1.807, 2.05) is 41.5 Å². The second-order valence-electron chi connectivity index (χ2n) is 11.6. The van der Waals surface area contributed by atoms with E-state index in [-0.39, 0.29) is 11.9 Å². The van der Waals surface area contributed by atoms with E-state index in [9.17, 15) is 4.79 Å². The van der Waals surface area contributed by atoms with Gasteiger partial charge in [0.05, 0.1) is 6.42 Å². The molecule has 2 fully saturated rings. The average molecular weight is 507 g/mol. The molecule has 0 spiro atoms. The van der Waals surface area contributed by atoms with Crippen molar-refractivity contribution in [3.8, 4) is 0 Å². The van der Waals surface area contributed by atoms with Gasteiger partial charge >= 0.3 is 5.97 Å². The zero-order valence-electron chi connectivity index (χ0n) is 24.9. The van der Waals surface area contributed by atoms with Crippen LogP contribution in [0.4, 0.5) is 0 Å². The van der Waals surface area contributed by atoms with Crippen LogP contribution in [-0.4, -0.2) is 21.7 Å². The summed E-state index contributed by atoms with van der Waals surface area (Å²) in [6.45, 7) is 14.0. The maximum absolute atomic E-state index is 12.3.